The van der Waals surface area contributed by atoms with E-state index in [4.69, 9.17) is 0 Å². The highest BCUT2D eigenvalue weighted by molar-refractivity contribution is 7.99. The lowest BCUT2D eigenvalue weighted by atomic mass is 10.1. The molecule has 0 radical (unpaired) electrons. The Balaban J connectivity index is 1.41. The SMILES string of the molecule is O=C(NCC1CCN(Cc2ccccc2F)C1)N1CCSCC1. The first-order valence-corrected chi connectivity index (χ1v) is 9.44. The number of likely N-dealkylation sites (tertiary alicyclic amines) is 1. The molecule has 0 bridgehead atoms. The Kier molecular flexibility index (Phi) is 5.78. The van der Waals surface area contributed by atoms with Crippen molar-refractivity contribution in [2.24, 2.45) is 5.92 Å². The van der Waals surface area contributed by atoms with E-state index in [1.807, 2.05) is 28.8 Å². The largest absolute Gasteiger partial charge is 0.338 e. The van der Waals surface area contributed by atoms with Gasteiger partial charge in [0.1, 0.15) is 5.82 Å². The maximum Gasteiger partial charge on any atom is 0.317 e. The zero-order valence-electron chi connectivity index (χ0n) is 13.3. The molecule has 2 amide bonds. The van der Waals surface area contributed by atoms with E-state index in [2.05, 4.69) is 10.2 Å². The van der Waals surface area contributed by atoms with Gasteiger partial charge in [0.05, 0.1) is 0 Å². The highest BCUT2D eigenvalue weighted by atomic mass is 32.2. The number of amides is 2. The summed E-state index contributed by atoms with van der Waals surface area (Å²) < 4.78 is 13.7. The number of hydrogen-bond donors (Lipinski definition) is 1. The van der Waals surface area contributed by atoms with Crippen molar-refractivity contribution >= 4 is 17.8 Å². The van der Waals surface area contributed by atoms with Crippen molar-refractivity contribution in [1.29, 1.82) is 0 Å². The molecule has 0 saturated carbocycles. The fourth-order valence-corrected chi connectivity index (χ4v) is 4.10. The number of nitrogens with zero attached hydrogens (tertiary/aromatic N) is 2. The van der Waals surface area contributed by atoms with Gasteiger partial charge in [-0.25, -0.2) is 9.18 Å². The maximum absolute atomic E-state index is 13.7. The number of carbonyl (C=O) groups excluding carboxylic acids is 1. The molecule has 2 fully saturated rings. The second-order valence-corrected chi connectivity index (χ2v) is 7.49. The highest BCUT2D eigenvalue weighted by Gasteiger charge is 2.24. The molecule has 0 spiro atoms. The number of halogens is 1. The molecule has 4 nitrogen and oxygen atoms in total. The van der Waals surface area contributed by atoms with Gasteiger partial charge in [-0.3, -0.25) is 4.90 Å². The van der Waals surface area contributed by atoms with E-state index < -0.39 is 0 Å². The van der Waals surface area contributed by atoms with Crippen molar-refractivity contribution in [1.82, 2.24) is 15.1 Å². The molecule has 126 valence electrons. The molecule has 3 rings (SSSR count). The predicted molar refractivity (Wildman–Crippen MR) is 92.1 cm³/mol. The minimum absolute atomic E-state index is 0.0675. The Morgan fingerprint density at radius 3 is 2.83 bits per heavy atom. The smallest absolute Gasteiger partial charge is 0.317 e. The van der Waals surface area contributed by atoms with Gasteiger partial charge < -0.3 is 10.2 Å². The van der Waals surface area contributed by atoms with E-state index in [0.29, 0.717) is 12.5 Å². The van der Waals surface area contributed by atoms with Crippen LogP contribution in [0.1, 0.15) is 12.0 Å². The van der Waals surface area contributed by atoms with Gasteiger partial charge in [0.2, 0.25) is 0 Å². The van der Waals surface area contributed by atoms with Gasteiger partial charge >= 0.3 is 6.03 Å². The Hall–Kier alpha value is -1.27. The van der Waals surface area contributed by atoms with Crippen molar-refractivity contribution in [3.05, 3.63) is 35.6 Å². The molecule has 0 aliphatic carbocycles. The average molecular weight is 337 g/mol. The monoisotopic (exact) mass is 337 g/mol. The summed E-state index contributed by atoms with van der Waals surface area (Å²) in [5.41, 5.74) is 0.753. The van der Waals surface area contributed by atoms with Crippen LogP contribution in [0.25, 0.3) is 0 Å². The summed E-state index contributed by atoms with van der Waals surface area (Å²) in [5, 5.41) is 3.07. The molecule has 2 aliphatic rings. The number of carbonyl (C=O) groups is 1. The fourth-order valence-electron chi connectivity index (χ4n) is 3.20. The van der Waals surface area contributed by atoms with Crippen LogP contribution in [0, 0.1) is 11.7 Å². The Bertz CT molecular complexity index is 536. The number of rotatable bonds is 4. The molecule has 2 saturated heterocycles. The third-order valence-electron chi connectivity index (χ3n) is 4.56. The van der Waals surface area contributed by atoms with Gasteiger partial charge in [-0.05, 0) is 24.9 Å². The van der Waals surface area contributed by atoms with Crippen LogP contribution >= 0.6 is 11.8 Å². The van der Waals surface area contributed by atoms with Crippen LogP contribution in [0.15, 0.2) is 24.3 Å². The number of thioether (sulfide) groups is 1. The molecule has 2 heterocycles. The first-order valence-electron chi connectivity index (χ1n) is 8.28. The normalized spacial score (nSPS) is 22.3. The number of urea groups is 1. The van der Waals surface area contributed by atoms with Crippen molar-refractivity contribution < 1.29 is 9.18 Å². The van der Waals surface area contributed by atoms with Crippen LogP contribution in [-0.2, 0) is 6.54 Å². The second-order valence-electron chi connectivity index (χ2n) is 6.27. The summed E-state index contributed by atoms with van der Waals surface area (Å²) in [7, 11) is 0. The van der Waals surface area contributed by atoms with Crippen LogP contribution in [0.4, 0.5) is 9.18 Å². The molecule has 23 heavy (non-hydrogen) atoms. The molecule has 1 N–H and O–H groups in total. The molecule has 6 heteroatoms. The minimum Gasteiger partial charge on any atom is -0.338 e. The maximum atomic E-state index is 13.7. The zero-order chi connectivity index (χ0) is 16.1. The van der Waals surface area contributed by atoms with E-state index >= 15 is 0 Å². The first kappa shape index (κ1) is 16.6. The lowest BCUT2D eigenvalue weighted by Crippen LogP contribution is -2.45. The van der Waals surface area contributed by atoms with Gasteiger partial charge in [0, 0.05) is 49.8 Å². The summed E-state index contributed by atoms with van der Waals surface area (Å²) in [6.45, 7) is 4.96. The fraction of sp³-hybridized carbons (Fsp3) is 0.588. The summed E-state index contributed by atoms with van der Waals surface area (Å²) in [5.74, 6) is 2.40. The highest BCUT2D eigenvalue weighted by Crippen LogP contribution is 2.19. The van der Waals surface area contributed by atoms with Crippen molar-refractivity contribution in [3.8, 4) is 0 Å². The summed E-state index contributed by atoms with van der Waals surface area (Å²) in [4.78, 5) is 16.3. The topological polar surface area (TPSA) is 35.6 Å². The predicted octanol–water partition coefficient (Wildman–Crippen LogP) is 2.41. The summed E-state index contributed by atoms with van der Waals surface area (Å²) >= 11 is 1.90. The quantitative estimate of drug-likeness (QED) is 0.916. The van der Waals surface area contributed by atoms with Gasteiger partial charge in [-0.2, -0.15) is 11.8 Å². The third kappa shape index (κ3) is 4.61. The Labute approximate surface area is 141 Å². The van der Waals surface area contributed by atoms with Crippen LogP contribution in [0.2, 0.25) is 0 Å². The van der Waals surface area contributed by atoms with Crippen molar-refractivity contribution in [3.63, 3.8) is 0 Å². The van der Waals surface area contributed by atoms with Crippen LogP contribution < -0.4 is 5.32 Å². The molecule has 2 aliphatic heterocycles. The standard InChI is InChI=1S/C17H24FN3OS/c18-16-4-2-1-3-15(16)13-20-6-5-14(12-20)11-19-17(22)21-7-9-23-10-8-21/h1-4,14H,5-13H2,(H,19,22). The van der Waals surface area contributed by atoms with Crippen LogP contribution in [-0.4, -0.2) is 60.1 Å². The lowest BCUT2D eigenvalue weighted by molar-refractivity contribution is 0.201. The van der Waals surface area contributed by atoms with Crippen LogP contribution in [0.5, 0.6) is 0 Å². The van der Waals surface area contributed by atoms with Crippen LogP contribution in [0.3, 0.4) is 0 Å². The van der Waals surface area contributed by atoms with E-state index in [1.54, 1.807) is 6.07 Å². The molecule has 1 unspecified atom stereocenters. The van der Waals surface area contributed by atoms with Gasteiger partial charge in [-0.15, -0.1) is 0 Å². The van der Waals surface area contributed by atoms with E-state index in [-0.39, 0.29) is 11.8 Å². The summed E-state index contributed by atoms with van der Waals surface area (Å²) in [6, 6.07) is 7.03. The molecule has 1 aromatic carbocycles. The average Bonchev–Trinajstić information content (AvgIpc) is 3.03. The van der Waals surface area contributed by atoms with E-state index in [1.165, 1.54) is 6.07 Å². The lowest BCUT2D eigenvalue weighted by Gasteiger charge is -2.27. The van der Waals surface area contributed by atoms with E-state index in [9.17, 15) is 9.18 Å². The number of nitrogens with one attached hydrogen (secondary N) is 1. The summed E-state index contributed by atoms with van der Waals surface area (Å²) in [6.07, 6.45) is 1.06. The first-order chi connectivity index (χ1) is 11.2. The Morgan fingerprint density at radius 1 is 1.26 bits per heavy atom. The van der Waals surface area contributed by atoms with Crippen molar-refractivity contribution in [2.75, 3.05) is 44.2 Å². The molecular weight excluding hydrogens is 313 g/mol. The number of hydrogen-bond acceptors (Lipinski definition) is 3. The number of benzene rings is 1. The molecule has 1 aromatic rings. The Morgan fingerprint density at radius 2 is 2.04 bits per heavy atom. The van der Waals surface area contributed by atoms with Gasteiger partial charge in [0.15, 0.2) is 0 Å². The van der Waals surface area contributed by atoms with Crippen molar-refractivity contribution in [2.45, 2.75) is 13.0 Å². The molecular formula is C17H24FN3OS. The van der Waals surface area contributed by atoms with E-state index in [0.717, 1.165) is 56.2 Å². The second kappa shape index (κ2) is 8.02. The third-order valence-corrected chi connectivity index (χ3v) is 5.50. The molecule has 1 atom stereocenters. The molecule has 0 aromatic heterocycles. The van der Waals surface area contributed by atoms with Gasteiger partial charge in [-0.1, -0.05) is 18.2 Å². The zero-order valence-corrected chi connectivity index (χ0v) is 14.2. The minimum atomic E-state index is -0.132. The van der Waals surface area contributed by atoms with Gasteiger partial charge in [0.25, 0.3) is 0 Å².